The maximum Gasteiger partial charge on any atom is 0.168 e. The summed E-state index contributed by atoms with van der Waals surface area (Å²) < 4.78 is 5.23. The van der Waals surface area contributed by atoms with Crippen LogP contribution in [0.2, 0.25) is 0 Å². The molecule has 92 valence electrons. The van der Waals surface area contributed by atoms with E-state index in [2.05, 4.69) is 11.4 Å². The van der Waals surface area contributed by atoms with Gasteiger partial charge in [0, 0.05) is 32.8 Å². The highest BCUT2D eigenvalue weighted by molar-refractivity contribution is 7.80. The lowest BCUT2D eigenvalue weighted by Gasteiger charge is -2.23. The second kappa shape index (κ2) is 10.7. The number of rotatable bonds is 8. The van der Waals surface area contributed by atoms with E-state index in [1.165, 1.54) is 0 Å². The lowest BCUT2D eigenvalue weighted by atomic mass is 10.4. The number of nitriles is 1. The van der Waals surface area contributed by atoms with Gasteiger partial charge in [0.25, 0.3) is 0 Å². The fraction of sp³-hybridized carbons (Fsp3) is 0.818. The van der Waals surface area contributed by atoms with Crippen molar-refractivity contribution in [2.24, 2.45) is 0 Å². The molecule has 0 unspecified atom stereocenters. The molecule has 0 rings (SSSR count). The molecule has 0 aromatic rings. The molecule has 4 nitrogen and oxygen atoms in total. The number of nitrogens with one attached hydrogen (secondary N) is 1. The summed E-state index contributed by atoms with van der Waals surface area (Å²) in [6, 6.07) is 2.12. The predicted molar refractivity (Wildman–Crippen MR) is 69.2 cm³/mol. The fourth-order valence-electron chi connectivity index (χ4n) is 1.21. The van der Waals surface area contributed by atoms with Crippen molar-refractivity contribution < 1.29 is 4.74 Å². The van der Waals surface area contributed by atoms with Crippen molar-refractivity contribution in [3.8, 4) is 6.07 Å². The summed E-state index contributed by atoms with van der Waals surface area (Å²) in [6.07, 6.45) is 1.46. The minimum absolute atomic E-state index is 0.509. The Bertz CT molecular complexity index is 228. The summed E-state index contributed by atoms with van der Waals surface area (Å²) >= 11 is 5.23. The Morgan fingerprint density at radius 1 is 1.50 bits per heavy atom. The smallest absolute Gasteiger partial charge is 0.168 e. The van der Waals surface area contributed by atoms with E-state index in [1.54, 1.807) is 0 Å². The SMILES string of the molecule is CCOCCCNC(=S)N(CC)CCC#N. The number of ether oxygens (including phenoxy) is 1. The Labute approximate surface area is 104 Å². The van der Waals surface area contributed by atoms with Crippen molar-refractivity contribution in [3.63, 3.8) is 0 Å². The molecule has 0 bridgehead atoms. The van der Waals surface area contributed by atoms with Crippen LogP contribution in [0.4, 0.5) is 0 Å². The average Bonchev–Trinajstić information content (AvgIpc) is 2.30. The van der Waals surface area contributed by atoms with Crippen LogP contribution in [0.25, 0.3) is 0 Å². The van der Waals surface area contributed by atoms with Gasteiger partial charge in [-0.3, -0.25) is 0 Å². The van der Waals surface area contributed by atoms with Gasteiger partial charge in [0.15, 0.2) is 5.11 Å². The van der Waals surface area contributed by atoms with Crippen LogP contribution in [-0.2, 0) is 4.74 Å². The second-order valence-corrected chi connectivity index (χ2v) is 3.66. The average molecular weight is 243 g/mol. The van der Waals surface area contributed by atoms with E-state index in [-0.39, 0.29) is 0 Å². The molecule has 0 heterocycles. The van der Waals surface area contributed by atoms with Gasteiger partial charge < -0.3 is 15.0 Å². The summed E-state index contributed by atoms with van der Waals surface area (Å²) in [5.41, 5.74) is 0. The molecule has 5 heteroatoms. The molecule has 1 N–H and O–H groups in total. The Balaban J connectivity index is 3.63. The van der Waals surface area contributed by atoms with Crippen molar-refractivity contribution in [1.29, 1.82) is 5.26 Å². The fourth-order valence-corrected chi connectivity index (χ4v) is 1.54. The van der Waals surface area contributed by atoms with E-state index >= 15 is 0 Å². The third-order valence-electron chi connectivity index (χ3n) is 2.11. The number of hydrogen-bond acceptors (Lipinski definition) is 3. The number of hydrogen-bond donors (Lipinski definition) is 1. The molecule has 0 aromatic carbocycles. The molecule has 0 aromatic heterocycles. The van der Waals surface area contributed by atoms with E-state index in [0.29, 0.717) is 13.0 Å². The minimum atomic E-state index is 0.509. The van der Waals surface area contributed by atoms with E-state index in [4.69, 9.17) is 22.2 Å². The van der Waals surface area contributed by atoms with Crippen LogP contribution in [0.3, 0.4) is 0 Å². The van der Waals surface area contributed by atoms with Gasteiger partial charge in [-0.2, -0.15) is 5.26 Å². The van der Waals surface area contributed by atoms with E-state index in [1.807, 2.05) is 18.7 Å². The van der Waals surface area contributed by atoms with E-state index < -0.39 is 0 Å². The van der Waals surface area contributed by atoms with Crippen molar-refractivity contribution >= 4 is 17.3 Å². The van der Waals surface area contributed by atoms with Gasteiger partial charge in [0.2, 0.25) is 0 Å². The highest BCUT2D eigenvalue weighted by Gasteiger charge is 2.05. The summed E-state index contributed by atoms with van der Waals surface area (Å²) in [6.45, 7) is 7.89. The highest BCUT2D eigenvalue weighted by Crippen LogP contribution is 1.92. The van der Waals surface area contributed by atoms with E-state index in [9.17, 15) is 0 Å². The first kappa shape index (κ1) is 15.1. The molecular formula is C11H21N3OS. The van der Waals surface area contributed by atoms with Gasteiger partial charge in [0.1, 0.15) is 0 Å². The molecule has 0 saturated heterocycles. The van der Waals surface area contributed by atoms with Gasteiger partial charge in [-0.15, -0.1) is 0 Å². The van der Waals surface area contributed by atoms with Crippen LogP contribution in [0.15, 0.2) is 0 Å². The topological polar surface area (TPSA) is 48.3 Å². The quantitative estimate of drug-likeness (QED) is 0.517. The predicted octanol–water partition coefficient (Wildman–Crippen LogP) is 1.52. The van der Waals surface area contributed by atoms with Crippen LogP contribution in [0.5, 0.6) is 0 Å². The largest absolute Gasteiger partial charge is 0.382 e. The molecule has 0 aliphatic carbocycles. The maximum atomic E-state index is 8.51. The number of nitrogens with zero attached hydrogens (tertiary/aromatic N) is 2. The zero-order valence-corrected chi connectivity index (χ0v) is 11.0. The summed E-state index contributed by atoms with van der Waals surface area (Å²) in [5, 5.41) is 12.4. The zero-order valence-electron chi connectivity index (χ0n) is 10.2. The molecule has 0 spiro atoms. The highest BCUT2D eigenvalue weighted by atomic mass is 32.1. The first-order chi connectivity index (χ1) is 7.76. The molecule has 0 radical (unpaired) electrons. The van der Waals surface area contributed by atoms with Crippen LogP contribution in [0.1, 0.15) is 26.7 Å². The lowest BCUT2D eigenvalue weighted by molar-refractivity contribution is 0.145. The summed E-state index contributed by atoms with van der Waals surface area (Å²) in [4.78, 5) is 2.00. The van der Waals surface area contributed by atoms with Gasteiger partial charge in [-0.05, 0) is 32.5 Å². The monoisotopic (exact) mass is 243 g/mol. The lowest BCUT2D eigenvalue weighted by Crippen LogP contribution is -2.40. The standard InChI is InChI=1S/C11H21N3OS/c1-3-14(9-5-7-12)11(16)13-8-6-10-15-4-2/h3-6,8-10H2,1-2H3,(H,13,16). The van der Waals surface area contributed by atoms with Crippen molar-refractivity contribution in [2.75, 3.05) is 32.8 Å². The molecule has 0 atom stereocenters. The van der Waals surface area contributed by atoms with Crippen LogP contribution in [0, 0.1) is 11.3 Å². The first-order valence-electron chi connectivity index (χ1n) is 5.73. The molecular weight excluding hydrogens is 222 g/mol. The Morgan fingerprint density at radius 3 is 2.81 bits per heavy atom. The van der Waals surface area contributed by atoms with Gasteiger partial charge in [-0.25, -0.2) is 0 Å². The minimum Gasteiger partial charge on any atom is -0.382 e. The summed E-state index contributed by atoms with van der Waals surface area (Å²) in [5.74, 6) is 0. The maximum absolute atomic E-state index is 8.51. The van der Waals surface area contributed by atoms with Crippen LogP contribution >= 0.6 is 12.2 Å². The molecule has 0 saturated carbocycles. The molecule has 0 aliphatic heterocycles. The third kappa shape index (κ3) is 7.43. The van der Waals surface area contributed by atoms with Crippen molar-refractivity contribution in [2.45, 2.75) is 26.7 Å². The molecule has 0 fully saturated rings. The van der Waals surface area contributed by atoms with Gasteiger partial charge in [-0.1, -0.05) is 0 Å². The Hall–Kier alpha value is -0.860. The third-order valence-corrected chi connectivity index (χ3v) is 2.51. The molecule has 0 aliphatic rings. The second-order valence-electron chi connectivity index (χ2n) is 3.27. The van der Waals surface area contributed by atoms with Crippen molar-refractivity contribution in [3.05, 3.63) is 0 Å². The number of thiocarbonyl (C=S) groups is 1. The Morgan fingerprint density at radius 2 is 2.25 bits per heavy atom. The van der Waals surface area contributed by atoms with Crippen LogP contribution < -0.4 is 5.32 Å². The molecule has 0 amide bonds. The molecule has 16 heavy (non-hydrogen) atoms. The van der Waals surface area contributed by atoms with Crippen LogP contribution in [-0.4, -0.2) is 42.9 Å². The first-order valence-corrected chi connectivity index (χ1v) is 6.14. The summed E-state index contributed by atoms with van der Waals surface area (Å²) in [7, 11) is 0. The normalized spacial score (nSPS) is 9.56. The zero-order chi connectivity index (χ0) is 12.2. The Kier molecular flexibility index (Phi) is 10.1. The van der Waals surface area contributed by atoms with Gasteiger partial charge in [0.05, 0.1) is 12.5 Å². The van der Waals surface area contributed by atoms with Gasteiger partial charge >= 0.3 is 0 Å². The van der Waals surface area contributed by atoms with Crippen molar-refractivity contribution in [1.82, 2.24) is 10.2 Å². The van der Waals surface area contributed by atoms with E-state index in [0.717, 1.165) is 37.8 Å².